The molecular weight excluding hydrogens is 272 g/mol. The third-order valence-corrected chi connectivity index (χ3v) is 4.40. The Kier molecular flexibility index (Phi) is 5.67. The molecule has 1 aromatic rings. The first-order chi connectivity index (χ1) is 9.99. The largest absolute Gasteiger partial charge is 0.324 e. The van der Waals surface area contributed by atoms with Crippen molar-refractivity contribution in [1.82, 2.24) is 9.80 Å². The van der Waals surface area contributed by atoms with Gasteiger partial charge in [-0.3, -0.25) is 0 Å². The number of likely N-dealkylation sites (N-methyl/N-ethyl adjacent to an activating group) is 2. The molecule has 5 heteroatoms. The number of likely N-dealkylation sites (tertiary alicyclic amines) is 1. The van der Waals surface area contributed by atoms with Gasteiger partial charge in [0.15, 0.2) is 11.6 Å². The molecule has 1 aliphatic heterocycles. The predicted molar refractivity (Wildman–Crippen MR) is 81.1 cm³/mol. The smallest absolute Gasteiger partial charge is 0.163 e. The molecule has 0 radical (unpaired) electrons. The lowest BCUT2D eigenvalue weighted by Crippen LogP contribution is -2.45. The van der Waals surface area contributed by atoms with Crippen LogP contribution >= 0.6 is 0 Å². The molecule has 2 unspecified atom stereocenters. The Labute approximate surface area is 125 Å². The van der Waals surface area contributed by atoms with Crippen LogP contribution in [-0.2, 0) is 0 Å². The molecule has 3 nitrogen and oxygen atoms in total. The first-order valence-corrected chi connectivity index (χ1v) is 7.57. The summed E-state index contributed by atoms with van der Waals surface area (Å²) in [7, 11) is 4.21. The highest BCUT2D eigenvalue weighted by molar-refractivity contribution is 5.22. The van der Waals surface area contributed by atoms with Crippen molar-refractivity contribution in [2.75, 3.05) is 33.7 Å². The number of halogens is 2. The third-order valence-electron chi connectivity index (χ3n) is 4.40. The summed E-state index contributed by atoms with van der Waals surface area (Å²) in [6.07, 6.45) is 3.01. The van der Waals surface area contributed by atoms with Crippen LogP contribution in [0.15, 0.2) is 18.2 Å². The Bertz CT molecular complexity index is 467. The summed E-state index contributed by atoms with van der Waals surface area (Å²) in [5, 5.41) is 0. The lowest BCUT2D eigenvalue weighted by Gasteiger charge is -2.36. The molecule has 0 bridgehead atoms. The summed E-state index contributed by atoms with van der Waals surface area (Å²) in [5.41, 5.74) is 6.29. The predicted octanol–water partition coefficient (Wildman–Crippen LogP) is 2.38. The molecule has 2 rings (SSSR count). The second-order valence-electron chi connectivity index (χ2n) is 6.08. The fourth-order valence-electron chi connectivity index (χ4n) is 2.99. The van der Waals surface area contributed by atoms with Crippen molar-refractivity contribution < 1.29 is 8.78 Å². The Balaban J connectivity index is 1.88. The SMILES string of the molecule is CN1CCCC(N(C)CCC(N)c2cccc(F)c2F)C1. The average Bonchev–Trinajstić information content (AvgIpc) is 2.47. The topological polar surface area (TPSA) is 32.5 Å². The molecule has 2 N–H and O–H groups in total. The Morgan fingerprint density at radius 1 is 1.43 bits per heavy atom. The van der Waals surface area contributed by atoms with Gasteiger partial charge in [0.25, 0.3) is 0 Å². The standard InChI is InChI=1S/C16H25F2N3/c1-20-9-4-5-12(11-20)21(2)10-8-15(19)13-6-3-7-14(17)16(13)18/h3,6-7,12,15H,4-5,8-11,19H2,1-2H3. The van der Waals surface area contributed by atoms with Crippen molar-refractivity contribution in [3.8, 4) is 0 Å². The van der Waals surface area contributed by atoms with Gasteiger partial charge in [0.1, 0.15) is 0 Å². The summed E-state index contributed by atoms with van der Waals surface area (Å²) >= 11 is 0. The highest BCUT2D eigenvalue weighted by Gasteiger charge is 2.22. The maximum atomic E-state index is 13.7. The monoisotopic (exact) mass is 297 g/mol. The minimum absolute atomic E-state index is 0.268. The van der Waals surface area contributed by atoms with Gasteiger partial charge in [-0.25, -0.2) is 8.78 Å². The number of nitrogens with zero attached hydrogens (tertiary/aromatic N) is 2. The van der Waals surface area contributed by atoms with E-state index < -0.39 is 17.7 Å². The number of piperidine rings is 1. The molecule has 21 heavy (non-hydrogen) atoms. The van der Waals surface area contributed by atoms with Crippen LogP contribution in [0.1, 0.15) is 30.9 Å². The van der Waals surface area contributed by atoms with E-state index in [1.807, 2.05) is 0 Å². The van der Waals surface area contributed by atoms with Gasteiger partial charge >= 0.3 is 0 Å². The van der Waals surface area contributed by atoms with Crippen LogP contribution in [-0.4, -0.2) is 49.6 Å². The van der Waals surface area contributed by atoms with Gasteiger partial charge in [0, 0.05) is 24.2 Å². The van der Waals surface area contributed by atoms with Crippen molar-refractivity contribution in [2.45, 2.75) is 31.3 Å². The lowest BCUT2D eigenvalue weighted by atomic mass is 10.0. The molecule has 1 fully saturated rings. The highest BCUT2D eigenvalue weighted by Crippen LogP contribution is 2.21. The fraction of sp³-hybridized carbons (Fsp3) is 0.625. The number of nitrogens with two attached hydrogens (primary N) is 1. The van der Waals surface area contributed by atoms with E-state index in [9.17, 15) is 8.78 Å². The van der Waals surface area contributed by atoms with Crippen LogP contribution in [0.25, 0.3) is 0 Å². The molecule has 0 aliphatic carbocycles. The molecule has 0 aromatic heterocycles. The minimum Gasteiger partial charge on any atom is -0.324 e. The van der Waals surface area contributed by atoms with Crippen molar-refractivity contribution >= 4 is 0 Å². The maximum absolute atomic E-state index is 13.7. The van der Waals surface area contributed by atoms with Crippen LogP contribution in [0.5, 0.6) is 0 Å². The zero-order valence-corrected chi connectivity index (χ0v) is 12.9. The van der Waals surface area contributed by atoms with Crippen molar-refractivity contribution in [1.29, 1.82) is 0 Å². The highest BCUT2D eigenvalue weighted by atomic mass is 19.2. The minimum atomic E-state index is -0.829. The van der Waals surface area contributed by atoms with E-state index in [4.69, 9.17) is 5.73 Å². The zero-order valence-electron chi connectivity index (χ0n) is 12.9. The van der Waals surface area contributed by atoms with Crippen LogP contribution in [0.2, 0.25) is 0 Å². The van der Waals surface area contributed by atoms with Crippen molar-refractivity contribution in [3.63, 3.8) is 0 Å². The molecular formula is C16H25F2N3. The fourth-order valence-corrected chi connectivity index (χ4v) is 2.99. The van der Waals surface area contributed by atoms with E-state index in [1.54, 1.807) is 6.07 Å². The number of hydrogen-bond donors (Lipinski definition) is 1. The third kappa shape index (κ3) is 4.22. The molecule has 1 saturated heterocycles. The average molecular weight is 297 g/mol. The summed E-state index contributed by atoms with van der Waals surface area (Å²) in [6.45, 7) is 2.99. The molecule has 0 amide bonds. The molecule has 1 aromatic carbocycles. The number of benzene rings is 1. The van der Waals surface area contributed by atoms with E-state index in [1.165, 1.54) is 18.9 Å². The van der Waals surface area contributed by atoms with Gasteiger partial charge < -0.3 is 15.5 Å². The normalized spacial score (nSPS) is 21.7. The van der Waals surface area contributed by atoms with E-state index in [0.717, 1.165) is 25.7 Å². The Morgan fingerprint density at radius 3 is 2.90 bits per heavy atom. The Morgan fingerprint density at radius 2 is 2.19 bits per heavy atom. The van der Waals surface area contributed by atoms with E-state index in [2.05, 4.69) is 23.9 Å². The molecule has 0 spiro atoms. The van der Waals surface area contributed by atoms with Crippen LogP contribution in [0.3, 0.4) is 0 Å². The van der Waals surface area contributed by atoms with Gasteiger partial charge in [-0.15, -0.1) is 0 Å². The van der Waals surface area contributed by atoms with Crippen molar-refractivity contribution in [3.05, 3.63) is 35.4 Å². The molecule has 0 saturated carbocycles. The van der Waals surface area contributed by atoms with E-state index in [-0.39, 0.29) is 5.56 Å². The Hall–Kier alpha value is -1.04. The van der Waals surface area contributed by atoms with Crippen LogP contribution in [0.4, 0.5) is 8.78 Å². The van der Waals surface area contributed by atoms with Gasteiger partial charge in [0.05, 0.1) is 0 Å². The zero-order chi connectivity index (χ0) is 15.4. The van der Waals surface area contributed by atoms with E-state index >= 15 is 0 Å². The first-order valence-electron chi connectivity index (χ1n) is 7.57. The molecule has 1 aliphatic rings. The van der Waals surface area contributed by atoms with Crippen LogP contribution < -0.4 is 5.73 Å². The van der Waals surface area contributed by atoms with E-state index in [0.29, 0.717) is 12.5 Å². The maximum Gasteiger partial charge on any atom is 0.163 e. The number of hydrogen-bond acceptors (Lipinski definition) is 3. The van der Waals surface area contributed by atoms with Crippen molar-refractivity contribution in [2.24, 2.45) is 5.73 Å². The van der Waals surface area contributed by atoms with Gasteiger partial charge in [0.2, 0.25) is 0 Å². The second-order valence-corrected chi connectivity index (χ2v) is 6.08. The van der Waals surface area contributed by atoms with Gasteiger partial charge in [-0.1, -0.05) is 12.1 Å². The first kappa shape index (κ1) is 16.3. The number of rotatable bonds is 5. The molecule has 1 heterocycles. The summed E-state index contributed by atoms with van der Waals surface area (Å²) < 4.78 is 26.9. The molecule has 2 atom stereocenters. The summed E-state index contributed by atoms with van der Waals surface area (Å²) in [6, 6.07) is 4.25. The second kappa shape index (κ2) is 7.29. The van der Waals surface area contributed by atoms with Gasteiger partial charge in [-0.2, -0.15) is 0 Å². The van der Waals surface area contributed by atoms with Crippen LogP contribution in [0, 0.1) is 11.6 Å². The lowest BCUT2D eigenvalue weighted by molar-refractivity contribution is 0.131. The summed E-state index contributed by atoms with van der Waals surface area (Å²) in [4.78, 5) is 4.61. The quantitative estimate of drug-likeness (QED) is 0.906. The summed E-state index contributed by atoms with van der Waals surface area (Å²) in [5.74, 6) is -1.64. The van der Waals surface area contributed by atoms with Gasteiger partial charge in [-0.05, 0) is 52.5 Å². The molecule has 118 valence electrons.